The van der Waals surface area contributed by atoms with Crippen molar-refractivity contribution in [3.63, 3.8) is 0 Å². The third-order valence-electron chi connectivity index (χ3n) is 7.12. The average Bonchev–Trinajstić information content (AvgIpc) is 3.31. The zero-order valence-corrected chi connectivity index (χ0v) is 23.8. The van der Waals surface area contributed by atoms with E-state index < -0.39 is 0 Å². The fraction of sp³-hybridized carbons (Fsp3) is 0.147. The highest BCUT2D eigenvalue weighted by molar-refractivity contribution is 8.00. The normalized spacial score (nSPS) is 14.8. The van der Waals surface area contributed by atoms with Gasteiger partial charge in [-0.25, -0.2) is 4.68 Å². The third kappa shape index (κ3) is 5.54. The number of thioether (sulfide) groups is 1. The minimum absolute atomic E-state index is 0.131. The van der Waals surface area contributed by atoms with Gasteiger partial charge in [-0.2, -0.15) is 5.10 Å². The minimum Gasteiger partial charge on any atom is -0.325 e. The number of rotatable bonds is 6. The third-order valence-corrected chi connectivity index (χ3v) is 8.37. The SMILES string of the molecule is Cc1ccc(-n2nc(-c3ccccc3)c3c2N(CC(=O)Nc2ccccc2)C(=O)CS[C@@H]3c2cccc(C)c2)cc1. The molecule has 0 saturated heterocycles. The van der Waals surface area contributed by atoms with E-state index in [-0.39, 0.29) is 29.4 Å². The van der Waals surface area contributed by atoms with Crippen LogP contribution >= 0.6 is 11.8 Å². The highest BCUT2D eigenvalue weighted by Gasteiger charge is 2.37. The second-order valence-electron chi connectivity index (χ2n) is 10.2. The highest BCUT2D eigenvalue weighted by Crippen LogP contribution is 2.48. The van der Waals surface area contributed by atoms with E-state index in [1.807, 2.05) is 96.5 Å². The van der Waals surface area contributed by atoms with Gasteiger partial charge in [0.1, 0.15) is 12.4 Å². The lowest BCUT2D eigenvalue weighted by Gasteiger charge is -2.23. The van der Waals surface area contributed by atoms with Gasteiger partial charge in [0.25, 0.3) is 0 Å². The van der Waals surface area contributed by atoms with Crippen LogP contribution in [0.3, 0.4) is 0 Å². The molecule has 0 radical (unpaired) electrons. The van der Waals surface area contributed by atoms with Gasteiger partial charge in [-0.05, 0) is 43.7 Å². The standard InChI is InChI=1S/C34H30N4O2S/c1-23-16-18-28(19-17-23)38-34-31(32(36-38)25-11-5-3-6-12-25)33(26-13-9-10-24(2)20-26)41-22-30(40)37(34)21-29(39)35-27-14-7-4-8-15-27/h3-20,33H,21-22H2,1-2H3,(H,35,39)/t33-/m1/s1. The summed E-state index contributed by atoms with van der Waals surface area (Å²) in [5.41, 5.74) is 7.55. The maximum atomic E-state index is 13.9. The average molecular weight is 559 g/mol. The number of para-hydroxylation sites is 1. The van der Waals surface area contributed by atoms with Crippen molar-refractivity contribution in [3.05, 3.63) is 131 Å². The van der Waals surface area contributed by atoms with E-state index in [1.54, 1.807) is 16.7 Å². The summed E-state index contributed by atoms with van der Waals surface area (Å²) < 4.78 is 1.83. The van der Waals surface area contributed by atoms with Crippen LogP contribution < -0.4 is 10.2 Å². The van der Waals surface area contributed by atoms with Crippen LogP contribution in [0.1, 0.15) is 27.5 Å². The molecule has 4 aromatic carbocycles. The second-order valence-corrected chi connectivity index (χ2v) is 11.3. The molecule has 7 heteroatoms. The zero-order chi connectivity index (χ0) is 28.3. The van der Waals surface area contributed by atoms with E-state index >= 15 is 0 Å². The summed E-state index contributed by atoms with van der Waals surface area (Å²) in [6.45, 7) is 3.98. The molecule has 2 amide bonds. The largest absolute Gasteiger partial charge is 0.325 e. The molecule has 1 aromatic heterocycles. The Hall–Kier alpha value is -4.62. The molecule has 5 aromatic rings. The van der Waals surface area contributed by atoms with Crippen molar-refractivity contribution in [2.24, 2.45) is 0 Å². The van der Waals surface area contributed by atoms with Crippen molar-refractivity contribution >= 4 is 35.1 Å². The number of amides is 2. The molecule has 1 aliphatic heterocycles. The summed E-state index contributed by atoms with van der Waals surface area (Å²) in [6, 6.07) is 35.8. The van der Waals surface area contributed by atoms with Crippen molar-refractivity contribution in [1.29, 1.82) is 0 Å². The number of anilines is 2. The zero-order valence-electron chi connectivity index (χ0n) is 23.0. The van der Waals surface area contributed by atoms with E-state index in [4.69, 9.17) is 5.10 Å². The maximum Gasteiger partial charge on any atom is 0.244 e. The number of hydrogen-bond donors (Lipinski definition) is 1. The van der Waals surface area contributed by atoms with Crippen molar-refractivity contribution in [1.82, 2.24) is 9.78 Å². The summed E-state index contributed by atoms with van der Waals surface area (Å²) >= 11 is 1.57. The van der Waals surface area contributed by atoms with Gasteiger partial charge in [0.2, 0.25) is 11.8 Å². The van der Waals surface area contributed by atoms with Crippen LogP contribution in [-0.4, -0.2) is 33.9 Å². The van der Waals surface area contributed by atoms with Gasteiger partial charge in [-0.3, -0.25) is 14.5 Å². The molecular formula is C34H30N4O2S. The Balaban J connectivity index is 1.57. The first-order valence-corrected chi connectivity index (χ1v) is 14.6. The predicted molar refractivity (Wildman–Crippen MR) is 167 cm³/mol. The Labute approximate surface area is 244 Å². The van der Waals surface area contributed by atoms with Gasteiger partial charge < -0.3 is 5.32 Å². The minimum atomic E-state index is -0.271. The molecule has 0 bridgehead atoms. The first kappa shape index (κ1) is 26.6. The molecule has 6 nitrogen and oxygen atoms in total. The van der Waals surface area contributed by atoms with E-state index in [9.17, 15) is 9.59 Å². The Morgan fingerprint density at radius 3 is 2.29 bits per heavy atom. The van der Waals surface area contributed by atoms with Gasteiger partial charge in [0.05, 0.1) is 22.4 Å². The Kier molecular flexibility index (Phi) is 7.44. The van der Waals surface area contributed by atoms with E-state index in [0.717, 1.165) is 39.2 Å². The smallest absolute Gasteiger partial charge is 0.244 e. The van der Waals surface area contributed by atoms with Gasteiger partial charge >= 0.3 is 0 Å². The van der Waals surface area contributed by atoms with Crippen LogP contribution in [0.4, 0.5) is 11.5 Å². The summed E-state index contributed by atoms with van der Waals surface area (Å²) in [5, 5.41) is 7.94. The highest BCUT2D eigenvalue weighted by atomic mass is 32.2. The number of benzene rings is 4. The lowest BCUT2D eigenvalue weighted by atomic mass is 9.98. The molecule has 0 aliphatic carbocycles. The molecule has 0 spiro atoms. The molecule has 0 unspecified atom stereocenters. The van der Waals surface area contributed by atoms with Crippen molar-refractivity contribution < 1.29 is 9.59 Å². The molecule has 1 atom stereocenters. The number of hydrogen-bond acceptors (Lipinski definition) is 4. The van der Waals surface area contributed by atoms with Gasteiger partial charge in [-0.15, -0.1) is 11.8 Å². The predicted octanol–water partition coefficient (Wildman–Crippen LogP) is 6.96. The number of carbonyl (C=O) groups is 2. The van der Waals surface area contributed by atoms with E-state index in [2.05, 4.69) is 36.5 Å². The van der Waals surface area contributed by atoms with Gasteiger partial charge in [0.15, 0.2) is 0 Å². The van der Waals surface area contributed by atoms with Crippen LogP contribution in [0.2, 0.25) is 0 Å². The van der Waals surface area contributed by atoms with Crippen molar-refractivity contribution in [3.8, 4) is 16.9 Å². The van der Waals surface area contributed by atoms with Crippen LogP contribution in [-0.2, 0) is 9.59 Å². The molecule has 6 rings (SSSR count). The molecular weight excluding hydrogens is 528 g/mol. The maximum absolute atomic E-state index is 13.9. The van der Waals surface area contributed by atoms with E-state index in [0.29, 0.717) is 11.5 Å². The van der Waals surface area contributed by atoms with Crippen LogP contribution in [0.5, 0.6) is 0 Å². The van der Waals surface area contributed by atoms with Crippen LogP contribution in [0, 0.1) is 13.8 Å². The van der Waals surface area contributed by atoms with Crippen molar-refractivity contribution in [2.45, 2.75) is 19.1 Å². The van der Waals surface area contributed by atoms with Crippen molar-refractivity contribution in [2.75, 3.05) is 22.5 Å². The molecule has 2 heterocycles. The molecule has 0 fully saturated rings. The number of carbonyl (C=O) groups excluding carboxylic acids is 2. The van der Waals surface area contributed by atoms with Gasteiger partial charge in [-0.1, -0.05) is 96.1 Å². The number of aromatic nitrogens is 2. The topological polar surface area (TPSA) is 67.2 Å². The molecule has 41 heavy (non-hydrogen) atoms. The fourth-order valence-electron chi connectivity index (χ4n) is 5.16. The number of nitrogens with zero attached hydrogens (tertiary/aromatic N) is 3. The second kappa shape index (κ2) is 11.5. The number of nitrogens with one attached hydrogen (secondary N) is 1. The Morgan fingerprint density at radius 1 is 0.878 bits per heavy atom. The summed E-state index contributed by atoms with van der Waals surface area (Å²) in [6.07, 6.45) is 0. The summed E-state index contributed by atoms with van der Waals surface area (Å²) in [7, 11) is 0. The van der Waals surface area contributed by atoms with Crippen LogP contribution in [0.25, 0.3) is 16.9 Å². The lowest BCUT2D eigenvalue weighted by Crippen LogP contribution is -2.40. The Bertz CT molecular complexity index is 1700. The molecule has 1 N–H and O–H groups in total. The summed E-state index contributed by atoms with van der Waals surface area (Å²) in [4.78, 5) is 28.9. The van der Waals surface area contributed by atoms with E-state index in [1.165, 1.54) is 0 Å². The first-order valence-electron chi connectivity index (χ1n) is 13.6. The number of fused-ring (bicyclic) bond motifs is 1. The molecule has 1 aliphatic rings. The summed E-state index contributed by atoms with van der Waals surface area (Å²) in [5.74, 6) is 0.445. The quantitative estimate of drug-likeness (QED) is 0.245. The monoisotopic (exact) mass is 558 g/mol. The fourth-order valence-corrected chi connectivity index (χ4v) is 6.34. The lowest BCUT2D eigenvalue weighted by molar-refractivity contribution is -0.120. The first-order chi connectivity index (χ1) is 20.0. The Morgan fingerprint density at radius 2 is 1.59 bits per heavy atom. The molecule has 204 valence electrons. The van der Waals surface area contributed by atoms with Crippen LogP contribution in [0.15, 0.2) is 109 Å². The molecule has 0 saturated carbocycles. The number of aryl methyl sites for hydroxylation is 2. The van der Waals surface area contributed by atoms with Gasteiger partial charge in [0, 0.05) is 16.8 Å².